The number of hydrogen-bond acceptors (Lipinski definition) is 3. The number of carboxylic acid groups (broad SMARTS) is 1. The lowest BCUT2D eigenvalue weighted by atomic mass is 9.93. The van der Waals surface area contributed by atoms with Crippen LogP contribution < -0.4 is 0 Å². The van der Waals surface area contributed by atoms with Crippen molar-refractivity contribution in [3.05, 3.63) is 35.4 Å². The van der Waals surface area contributed by atoms with Crippen molar-refractivity contribution in [3.8, 4) is 0 Å². The normalized spacial score (nSPS) is 27.2. The van der Waals surface area contributed by atoms with Gasteiger partial charge in [-0.15, -0.1) is 0 Å². The van der Waals surface area contributed by atoms with Crippen molar-refractivity contribution in [3.63, 3.8) is 0 Å². The van der Waals surface area contributed by atoms with Gasteiger partial charge >= 0.3 is 5.97 Å². The second-order valence-corrected chi connectivity index (χ2v) is 5.39. The fraction of sp³-hybridized carbons (Fsp3) is 0.533. The summed E-state index contributed by atoms with van der Waals surface area (Å²) in [5.41, 5.74) is 2.41. The second kappa shape index (κ2) is 5.31. The Bertz CT molecular complexity index is 468. The van der Waals surface area contributed by atoms with Gasteiger partial charge in [0.1, 0.15) is 6.04 Å². The van der Waals surface area contributed by atoms with E-state index in [9.17, 15) is 9.90 Å². The highest BCUT2D eigenvalue weighted by molar-refractivity contribution is 5.74. The van der Waals surface area contributed by atoms with E-state index in [-0.39, 0.29) is 6.10 Å². The van der Waals surface area contributed by atoms with Crippen LogP contribution in [0.5, 0.6) is 0 Å². The lowest BCUT2D eigenvalue weighted by Crippen LogP contribution is -2.48. The van der Waals surface area contributed by atoms with E-state index < -0.39 is 12.0 Å². The van der Waals surface area contributed by atoms with Crippen LogP contribution in [0.15, 0.2) is 24.3 Å². The summed E-state index contributed by atoms with van der Waals surface area (Å²) in [6, 6.07) is 7.71. The van der Waals surface area contributed by atoms with E-state index in [0.29, 0.717) is 13.0 Å². The molecule has 3 rings (SSSR count). The molecule has 1 aromatic rings. The number of carbonyl (C=O) groups is 1. The van der Waals surface area contributed by atoms with Gasteiger partial charge in [0.25, 0.3) is 0 Å². The molecule has 4 heteroatoms. The maximum atomic E-state index is 11.5. The van der Waals surface area contributed by atoms with Crippen molar-refractivity contribution in [2.24, 2.45) is 0 Å². The first-order valence-corrected chi connectivity index (χ1v) is 6.89. The first-order chi connectivity index (χ1) is 9.24. The van der Waals surface area contributed by atoms with Crippen LogP contribution in [0.25, 0.3) is 0 Å². The van der Waals surface area contributed by atoms with Crippen LogP contribution in [0.1, 0.15) is 24.0 Å². The number of benzene rings is 1. The van der Waals surface area contributed by atoms with Crippen LogP contribution in [0.3, 0.4) is 0 Å². The Balaban J connectivity index is 1.79. The zero-order valence-electron chi connectivity index (χ0n) is 10.9. The average molecular weight is 261 g/mol. The fourth-order valence-corrected chi connectivity index (χ4v) is 3.06. The summed E-state index contributed by atoms with van der Waals surface area (Å²) in [4.78, 5) is 13.5. The third-order valence-corrected chi connectivity index (χ3v) is 4.09. The molecule has 0 radical (unpaired) electrons. The van der Waals surface area contributed by atoms with E-state index in [1.54, 1.807) is 0 Å². The number of nitrogens with zero attached hydrogens (tertiary/aromatic N) is 1. The van der Waals surface area contributed by atoms with Gasteiger partial charge in [-0.3, -0.25) is 9.69 Å². The largest absolute Gasteiger partial charge is 0.480 e. The summed E-state index contributed by atoms with van der Waals surface area (Å²) in [5.74, 6) is -0.729. The number of ether oxygens (including phenoxy) is 1. The van der Waals surface area contributed by atoms with Crippen molar-refractivity contribution in [1.29, 1.82) is 0 Å². The van der Waals surface area contributed by atoms with Gasteiger partial charge in [-0.25, -0.2) is 0 Å². The van der Waals surface area contributed by atoms with Crippen molar-refractivity contribution in [1.82, 2.24) is 4.90 Å². The fourth-order valence-electron chi connectivity index (χ4n) is 3.06. The van der Waals surface area contributed by atoms with Gasteiger partial charge in [-0.05, 0) is 30.4 Å². The van der Waals surface area contributed by atoms with Crippen molar-refractivity contribution < 1.29 is 14.6 Å². The Hall–Kier alpha value is -1.39. The molecule has 102 valence electrons. The van der Waals surface area contributed by atoms with Crippen LogP contribution >= 0.6 is 0 Å². The molecule has 0 amide bonds. The number of aliphatic carboxylic acids is 1. The molecule has 1 N–H and O–H groups in total. The maximum absolute atomic E-state index is 11.5. The molecule has 2 heterocycles. The molecule has 1 fully saturated rings. The minimum atomic E-state index is -0.729. The Kier molecular flexibility index (Phi) is 3.53. The molecule has 1 aromatic carbocycles. The average Bonchev–Trinajstić information content (AvgIpc) is 2.90. The molecule has 0 spiro atoms. The van der Waals surface area contributed by atoms with Crippen LogP contribution in [0.4, 0.5) is 0 Å². The van der Waals surface area contributed by atoms with E-state index in [1.807, 2.05) is 18.2 Å². The summed E-state index contributed by atoms with van der Waals surface area (Å²) in [6.45, 7) is 2.26. The molecule has 1 unspecified atom stereocenters. The quantitative estimate of drug-likeness (QED) is 0.899. The Morgan fingerprint density at radius 2 is 2.16 bits per heavy atom. The zero-order valence-corrected chi connectivity index (χ0v) is 10.9. The third-order valence-electron chi connectivity index (χ3n) is 4.09. The summed E-state index contributed by atoms with van der Waals surface area (Å²) in [5, 5.41) is 9.43. The standard InChI is InChI=1S/C15H19NO3/c17-15(18)14-8-11-4-1-2-5-12(11)9-16(14)10-13-6-3-7-19-13/h1-2,4-5,13-14H,3,6-10H2,(H,17,18)/t13?,14-/m0/s1. The number of carboxylic acids is 1. The molecule has 2 aliphatic rings. The molecule has 0 aromatic heterocycles. The maximum Gasteiger partial charge on any atom is 0.321 e. The highest BCUT2D eigenvalue weighted by Crippen LogP contribution is 2.25. The summed E-state index contributed by atoms with van der Waals surface area (Å²) in [6.07, 6.45) is 2.93. The Labute approximate surface area is 113 Å². The monoisotopic (exact) mass is 261 g/mol. The van der Waals surface area contributed by atoms with E-state index >= 15 is 0 Å². The van der Waals surface area contributed by atoms with E-state index in [4.69, 9.17) is 4.74 Å². The van der Waals surface area contributed by atoms with Gasteiger partial charge in [0.15, 0.2) is 0 Å². The lowest BCUT2D eigenvalue weighted by Gasteiger charge is -2.35. The van der Waals surface area contributed by atoms with Gasteiger partial charge in [0, 0.05) is 19.7 Å². The molecule has 4 nitrogen and oxygen atoms in total. The molecule has 2 atom stereocenters. The minimum absolute atomic E-state index is 0.201. The van der Waals surface area contributed by atoms with Crippen LogP contribution in [0.2, 0.25) is 0 Å². The highest BCUT2D eigenvalue weighted by Gasteiger charge is 2.33. The van der Waals surface area contributed by atoms with E-state index in [2.05, 4.69) is 11.0 Å². The molecule has 0 bridgehead atoms. The highest BCUT2D eigenvalue weighted by atomic mass is 16.5. The predicted octanol–water partition coefficient (Wildman–Crippen LogP) is 1.68. The second-order valence-electron chi connectivity index (χ2n) is 5.39. The lowest BCUT2D eigenvalue weighted by molar-refractivity contribution is -0.144. The Morgan fingerprint density at radius 1 is 1.37 bits per heavy atom. The van der Waals surface area contributed by atoms with Gasteiger partial charge in [-0.1, -0.05) is 24.3 Å². The first-order valence-electron chi connectivity index (χ1n) is 6.89. The molecule has 19 heavy (non-hydrogen) atoms. The zero-order chi connectivity index (χ0) is 13.2. The molecule has 2 aliphatic heterocycles. The van der Waals surface area contributed by atoms with Crippen molar-refractivity contribution >= 4 is 5.97 Å². The van der Waals surface area contributed by atoms with Crippen LogP contribution in [-0.4, -0.2) is 41.3 Å². The van der Waals surface area contributed by atoms with Gasteiger partial charge in [-0.2, -0.15) is 0 Å². The van der Waals surface area contributed by atoms with Crippen molar-refractivity contribution in [2.75, 3.05) is 13.2 Å². The topological polar surface area (TPSA) is 49.8 Å². The number of hydrogen-bond donors (Lipinski definition) is 1. The number of rotatable bonds is 3. The SMILES string of the molecule is O=C(O)[C@@H]1Cc2ccccc2CN1CC1CCCO1. The first kappa shape index (κ1) is 12.6. The molecule has 0 saturated carbocycles. The third kappa shape index (κ3) is 2.65. The van der Waals surface area contributed by atoms with Gasteiger partial charge in [0.05, 0.1) is 6.10 Å². The minimum Gasteiger partial charge on any atom is -0.480 e. The van der Waals surface area contributed by atoms with Crippen LogP contribution in [-0.2, 0) is 22.5 Å². The van der Waals surface area contributed by atoms with E-state index in [1.165, 1.54) is 11.1 Å². The Morgan fingerprint density at radius 3 is 2.84 bits per heavy atom. The van der Waals surface area contributed by atoms with Crippen molar-refractivity contribution in [2.45, 2.75) is 38.0 Å². The summed E-state index contributed by atoms with van der Waals surface area (Å²) >= 11 is 0. The molecular formula is C15H19NO3. The molecular weight excluding hydrogens is 242 g/mol. The predicted molar refractivity (Wildman–Crippen MR) is 71.0 cm³/mol. The molecule has 1 saturated heterocycles. The van der Waals surface area contributed by atoms with E-state index in [0.717, 1.165) is 26.0 Å². The van der Waals surface area contributed by atoms with Crippen LogP contribution in [0, 0.1) is 0 Å². The summed E-state index contributed by atoms with van der Waals surface area (Å²) in [7, 11) is 0. The summed E-state index contributed by atoms with van der Waals surface area (Å²) < 4.78 is 5.64. The smallest absolute Gasteiger partial charge is 0.321 e. The van der Waals surface area contributed by atoms with Gasteiger partial charge in [0.2, 0.25) is 0 Å². The van der Waals surface area contributed by atoms with Gasteiger partial charge < -0.3 is 9.84 Å². The number of fused-ring (bicyclic) bond motifs is 1. The molecule has 0 aliphatic carbocycles.